The lowest BCUT2D eigenvalue weighted by molar-refractivity contribution is 0.122. The Hall–Kier alpha value is -3.15. The topological polar surface area (TPSA) is 110 Å². The van der Waals surface area contributed by atoms with Crippen LogP contribution in [0.5, 0.6) is 0 Å². The van der Waals surface area contributed by atoms with Crippen LogP contribution in [-0.2, 0) is 15.9 Å². The van der Waals surface area contributed by atoms with Crippen LogP contribution in [0.25, 0.3) is 0 Å². The average molecular weight is 469 g/mol. The van der Waals surface area contributed by atoms with Crippen molar-refractivity contribution < 1.29 is 9.47 Å². The molecule has 1 saturated heterocycles. The fourth-order valence-corrected chi connectivity index (χ4v) is 4.09. The molecule has 3 aromatic rings. The normalized spacial score (nSPS) is 14.1. The van der Waals surface area contributed by atoms with Gasteiger partial charge in [-0.2, -0.15) is 10.1 Å². The molecule has 11 heteroatoms. The first-order chi connectivity index (χ1) is 16.2. The average Bonchev–Trinajstić information content (AvgIpc) is 3.27. The predicted molar refractivity (Wildman–Crippen MR) is 131 cm³/mol. The number of hydrogen-bond donors (Lipinski definition) is 2. The van der Waals surface area contributed by atoms with Gasteiger partial charge in [0.05, 0.1) is 31.7 Å². The Morgan fingerprint density at radius 2 is 2.09 bits per heavy atom. The van der Waals surface area contributed by atoms with Gasteiger partial charge < -0.3 is 19.7 Å². The highest BCUT2D eigenvalue weighted by Crippen LogP contribution is 2.22. The first kappa shape index (κ1) is 23.0. The summed E-state index contributed by atoms with van der Waals surface area (Å²) in [5.74, 6) is 1.29. The van der Waals surface area contributed by atoms with Crippen LogP contribution < -0.4 is 15.6 Å². The summed E-state index contributed by atoms with van der Waals surface area (Å²) in [6.45, 7) is 6.29. The maximum absolute atomic E-state index is 5.49. The zero-order valence-corrected chi connectivity index (χ0v) is 19.6. The van der Waals surface area contributed by atoms with Crippen molar-refractivity contribution in [2.24, 2.45) is 5.10 Å². The van der Waals surface area contributed by atoms with E-state index < -0.39 is 0 Å². The fraction of sp³-hybridized carbons (Fsp3) is 0.409. The van der Waals surface area contributed by atoms with Gasteiger partial charge in [-0.25, -0.2) is 10.4 Å². The van der Waals surface area contributed by atoms with Crippen LogP contribution in [-0.4, -0.2) is 72.9 Å². The van der Waals surface area contributed by atoms with Crippen molar-refractivity contribution in [3.05, 3.63) is 52.2 Å². The second kappa shape index (κ2) is 11.6. The molecular formula is C22H28N8O2S. The summed E-state index contributed by atoms with van der Waals surface area (Å²) in [5, 5.41) is 17.7. The Morgan fingerprint density at radius 3 is 2.91 bits per heavy atom. The SMILES string of the molecule is COCCNc1nnc(Cc2cc(N3CCOCC3)nc(N/N=C/c3cccc(C)c3)n2)s1. The van der Waals surface area contributed by atoms with E-state index in [4.69, 9.17) is 9.47 Å². The van der Waals surface area contributed by atoms with Gasteiger partial charge in [-0.1, -0.05) is 41.2 Å². The third kappa shape index (κ3) is 6.91. The molecular weight excluding hydrogens is 440 g/mol. The van der Waals surface area contributed by atoms with Crippen LogP contribution in [0.1, 0.15) is 21.8 Å². The number of methoxy groups -OCH3 is 1. The maximum Gasteiger partial charge on any atom is 0.245 e. The van der Waals surface area contributed by atoms with Gasteiger partial charge in [-0.05, 0) is 12.5 Å². The van der Waals surface area contributed by atoms with Crippen molar-refractivity contribution in [1.82, 2.24) is 20.2 Å². The monoisotopic (exact) mass is 468 g/mol. The van der Waals surface area contributed by atoms with E-state index in [0.29, 0.717) is 38.7 Å². The Balaban J connectivity index is 1.50. The second-order valence-corrected chi connectivity index (χ2v) is 8.58. The molecule has 0 atom stereocenters. The molecule has 1 aliphatic rings. The molecule has 0 saturated carbocycles. The second-order valence-electron chi connectivity index (χ2n) is 7.52. The van der Waals surface area contributed by atoms with Gasteiger partial charge in [0.2, 0.25) is 11.1 Å². The molecule has 1 aliphatic heterocycles. The van der Waals surface area contributed by atoms with Crippen molar-refractivity contribution in [2.75, 3.05) is 62.2 Å². The fourth-order valence-electron chi connectivity index (χ4n) is 3.30. The lowest BCUT2D eigenvalue weighted by Gasteiger charge is -2.28. The van der Waals surface area contributed by atoms with Gasteiger partial charge in [0.15, 0.2) is 0 Å². The van der Waals surface area contributed by atoms with Gasteiger partial charge in [0.25, 0.3) is 0 Å². The van der Waals surface area contributed by atoms with Crippen LogP contribution >= 0.6 is 11.3 Å². The summed E-state index contributed by atoms with van der Waals surface area (Å²) < 4.78 is 10.5. The number of aryl methyl sites for hydroxylation is 1. The summed E-state index contributed by atoms with van der Waals surface area (Å²) >= 11 is 1.51. The van der Waals surface area contributed by atoms with E-state index in [-0.39, 0.29) is 0 Å². The number of aromatic nitrogens is 4. The summed E-state index contributed by atoms with van der Waals surface area (Å²) in [6, 6.07) is 10.1. The minimum absolute atomic E-state index is 0.445. The number of rotatable bonds is 10. The lowest BCUT2D eigenvalue weighted by Crippen LogP contribution is -2.37. The molecule has 1 fully saturated rings. The van der Waals surface area contributed by atoms with Gasteiger partial charge in [0.1, 0.15) is 10.8 Å². The molecule has 2 aromatic heterocycles. The number of anilines is 3. The largest absolute Gasteiger partial charge is 0.383 e. The maximum atomic E-state index is 5.49. The predicted octanol–water partition coefficient (Wildman–Crippen LogP) is 2.57. The van der Waals surface area contributed by atoms with Crippen molar-refractivity contribution in [3.63, 3.8) is 0 Å². The number of ether oxygens (including phenoxy) is 2. The zero-order valence-electron chi connectivity index (χ0n) is 18.8. The molecule has 0 spiro atoms. The summed E-state index contributed by atoms with van der Waals surface area (Å²) in [4.78, 5) is 11.5. The number of nitrogens with zero attached hydrogens (tertiary/aromatic N) is 6. The number of benzene rings is 1. The van der Waals surface area contributed by atoms with E-state index in [0.717, 1.165) is 40.3 Å². The molecule has 0 unspecified atom stereocenters. The molecule has 0 radical (unpaired) electrons. The molecule has 3 heterocycles. The van der Waals surface area contributed by atoms with Crippen LogP contribution in [0.2, 0.25) is 0 Å². The molecule has 0 amide bonds. The quantitative estimate of drug-likeness (QED) is 0.263. The standard InChI is InChI=1S/C22H28N8O2S/c1-16-4-3-5-17(12-16)15-24-28-21-25-18(13-19(26-21)30-7-10-32-11-8-30)14-20-27-29-22(33-20)23-6-9-31-2/h3-5,12-13,15H,6-11,14H2,1-2H3,(H,23,29)(H,25,26,28)/b24-15+. The molecule has 2 N–H and O–H groups in total. The van der Waals surface area contributed by atoms with E-state index in [2.05, 4.69) is 60.0 Å². The number of morpholine rings is 1. The molecule has 0 bridgehead atoms. The van der Waals surface area contributed by atoms with Crippen LogP contribution in [0, 0.1) is 6.92 Å². The lowest BCUT2D eigenvalue weighted by atomic mass is 10.2. The van der Waals surface area contributed by atoms with E-state index in [1.165, 1.54) is 16.9 Å². The van der Waals surface area contributed by atoms with E-state index in [1.807, 2.05) is 18.2 Å². The molecule has 33 heavy (non-hydrogen) atoms. The molecule has 0 aliphatic carbocycles. The van der Waals surface area contributed by atoms with Crippen LogP contribution in [0.4, 0.5) is 16.9 Å². The Labute approximate surface area is 197 Å². The molecule has 1 aromatic carbocycles. The van der Waals surface area contributed by atoms with E-state index in [1.54, 1.807) is 13.3 Å². The van der Waals surface area contributed by atoms with Crippen molar-refractivity contribution in [1.29, 1.82) is 0 Å². The highest BCUT2D eigenvalue weighted by molar-refractivity contribution is 7.15. The summed E-state index contributed by atoms with van der Waals surface area (Å²) in [6.07, 6.45) is 2.32. The van der Waals surface area contributed by atoms with Gasteiger partial charge in [-0.3, -0.25) is 0 Å². The summed E-state index contributed by atoms with van der Waals surface area (Å²) in [7, 11) is 1.67. The van der Waals surface area contributed by atoms with Crippen molar-refractivity contribution in [2.45, 2.75) is 13.3 Å². The Kier molecular flexibility index (Phi) is 8.12. The first-order valence-electron chi connectivity index (χ1n) is 10.8. The Bertz CT molecular complexity index is 1070. The number of nitrogens with one attached hydrogen (secondary N) is 2. The Morgan fingerprint density at radius 1 is 1.21 bits per heavy atom. The highest BCUT2D eigenvalue weighted by Gasteiger charge is 2.16. The number of hydrazone groups is 1. The van der Waals surface area contributed by atoms with E-state index >= 15 is 0 Å². The minimum Gasteiger partial charge on any atom is -0.383 e. The molecule has 10 nitrogen and oxygen atoms in total. The molecule has 4 rings (SSSR count). The van der Waals surface area contributed by atoms with Crippen molar-refractivity contribution >= 4 is 34.4 Å². The first-order valence-corrected chi connectivity index (χ1v) is 11.6. The van der Waals surface area contributed by atoms with E-state index in [9.17, 15) is 0 Å². The highest BCUT2D eigenvalue weighted by atomic mass is 32.1. The van der Waals surface area contributed by atoms with Gasteiger partial charge >= 0.3 is 0 Å². The smallest absolute Gasteiger partial charge is 0.245 e. The minimum atomic E-state index is 0.445. The van der Waals surface area contributed by atoms with Crippen LogP contribution in [0.15, 0.2) is 35.4 Å². The van der Waals surface area contributed by atoms with Crippen molar-refractivity contribution in [3.8, 4) is 0 Å². The zero-order chi connectivity index (χ0) is 22.9. The molecule has 174 valence electrons. The summed E-state index contributed by atoms with van der Waals surface area (Å²) in [5.41, 5.74) is 6.02. The van der Waals surface area contributed by atoms with Gasteiger partial charge in [0, 0.05) is 39.2 Å². The van der Waals surface area contributed by atoms with Gasteiger partial charge in [-0.15, -0.1) is 10.2 Å². The third-order valence-corrected chi connectivity index (χ3v) is 5.78. The van der Waals surface area contributed by atoms with Crippen LogP contribution in [0.3, 0.4) is 0 Å². The number of hydrogen-bond acceptors (Lipinski definition) is 11. The third-order valence-electron chi connectivity index (χ3n) is 4.90.